The van der Waals surface area contributed by atoms with E-state index in [4.69, 9.17) is 28.2 Å². The van der Waals surface area contributed by atoms with Crippen LogP contribution in [0.3, 0.4) is 0 Å². The number of hydrogen-bond acceptors (Lipinski definition) is 4. The Bertz CT molecular complexity index is 1320. The van der Waals surface area contributed by atoms with E-state index in [0.717, 1.165) is 59.3 Å². The molecule has 1 fully saturated rings. The highest BCUT2D eigenvalue weighted by atomic mass is 35.5. The summed E-state index contributed by atoms with van der Waals surface area (Å²) in [5.74, 6) is 0.918. The van der Waals surface area contributed by atoms with Gasteiger partial charge in [-0.1, -0.05) is 41.4 Å². The lowest BCUT2D eigenvalue weighted by atomic mass is 9.97. The molecule has 1 amide bonds. The standard InChI is InChI=1S/C23H22Cl2N6O/c24-17-9-20-21(10-18(17)25)31(23(29-20)14-5-7-26-8-6-14)13-22(32)30-28-12-15-11-27-19-4-2-1-3-16(15)19/h1-4,9-12,14,26-27H,5-8,13H2,(H,30,32)/b28-12+. The van der Waals surface area contributed by atoms with Gasteiger partial charge < -0.3 is 14.9 Å². The van der Waals surface area contributed by atoms with E-state index in [1.54, 1.807) is 18.3 Å². The Morgan fingerprint density at radius 2 is 2.00 bits per heavy atom. The molecule has 5 rings (SSSR count). The number of benzene rings is 2. The molecule has 2 aromatic carbocycles. The molecule has 1 aliphatic heterocycles. The highest BCUT2D eigenvalue weighted by molar-refractivity contribution is 6.42. The van der Waals surface area contributed by atoms with Crippen molar-refractivity contribution in [1.29, 1.82) is 0 Å². The predicted molar refractivity (Wildman–Crippen MR) is 129 cm³/mol. The molecule has 0 spiro atoms. The van der Waals surface area contributed by atoms with Crippen LogP contribution >= 0.6 is 23.2 Å². The molecule has 1 saturated heterocycles. The van der Waals surface area contributed by atoms with Crippen molar-refractivity contribution in [3.8, 4) is 0 Å². The van der Waals surface area contributed by atoms with E-state index in [0.29, 0.717) is 10.0 Å². The van der Waals surface area contributed by atoms with E-state index in [2.05, 4.69) is 20.8 Å². The van der Waals surface area contributed by atoms with Gasteiger partial charge in [0.05, 0.1) is 27.3 Å². The summed E-state index contributed by atoms with van der Waals surface area (Å²) in [6.45, 7) is 1.95. The topological polar surface area (TPSA) is 87.1 Å². The first-order valence-electron chi connectivity index (χ1n) is 10.5. The van der Waals surface area contributed by atoms with E-state index < -0.39 is 0 Å². The van der Waals surface area contributed by atoms with Crippen molar-refractivity contribution < 1.29 is 4.79 Å². The van der Waals surface area contributed by atoms with Crippen LogP contribution in [0, 0.1) is 0 Å². The fourth-order valence-electron chi connectivity index (χ4n) is 4.25. The first-order valence-corrected chi connectivity index (χ1v) is 11.3. The first kappa shape index (κ1) is 21.0. The molecule has 3 heterocycles. The third kappa shape index (κ3) is 4.11. The zero-order chi connectivity index (χ0) is 22.1. The number of amides is 1. The third-order valence-electron chi connectivity index (χ3n) is 5.84. The number of piperidine rings is 1. The second kappa shape index (κ2) is 8.94. The minimum atomic E-state index is -0.235. The van der Waals surface area contributed by atoms with E-state index >= 15 is 0 Å². The van der Waals surface area contributed by atoms with Crippen molar-refractivity contribution in [3.05, 3.63) is 64.0 Å². The maximum atomic E-state index is 12.8. The Labute approximate surface area is 194 Å². The summed E-state index contributed by atoms with van der Waals surface area (Å²) >= 11 is 12.5. The maximum Gasteiger partial charge on any atom is 0.260 e. The molecule has 0 bridgehead atoms. The average Bonchev–Trinajstić information content (AvgIpc) is 3.37. The van der Waals surface area contributed by atoms with Crippen LogP contribution in [0.2, 0.25) is 10.0 Å². The van der Waals surface area contributed by atoms with Crippen molar-refractivity contribution in [2.24, 2.45) is 5.10 Å². The first-order chi connectivity index (χ1) is 15.6. The zero-order valence-corrected chi connectivity index (χ0v) is 18.7. The molecule has 9 heteroatoms. The van der Waals surface area contributed by atoms with Gasteiger partial charge in [0, 0.05) is 28.6 Å². The summed E-state index contributed by atoms with van der Waals surface area (Å²) in [4.78, 5) is 20.8. The second-order valence-corrected chi connectivity index (χ2v) is 8.73. The molecule has 1 aliphatic rings. The highest BCUT2D eigenvalue weighted by Crippen LogP contribution is 2.32. The number of rotatable bonds is 5. The lowest BCUT2D eigenvalue weighted by Crippen LogP contribution is -2.30. The van der Waals surface area contributed by atoms with Crippen molar-refractivity contribution in [2.45, 2.75) is 25.3 Å². The van der Waals surface area contributed by atoms with Gasteiger partial charge in [-0.3, -0.25) is 4.79 Å². The van der Waals surface area contributed by atoms with Gasteiger partial charge >= 0.3 is 0 Å². The Morgan fingerprint density at radius 3 is 2.84 bits per heavy atom. The molecule has 0 radical (unpaired) electrons. The lowest BCUT2D eigenvalue weighted by molar-refractivity contribution is -0.121. The largest absolute Gasteiger partial charge is 0.361 e. The SMILES string of the molecule is O=C(Cn1c(C2CCNCC2)nc2cc(Cl)c(Cl)cc21)N/N=C/c1c[nH]c2ccccc12. The molecule has 0 atom stereocenters. The quantitative estimate of drug-likeness (QED) is 0.298. The number of hydrogen-bond donors (Lipinski definition) is 3. The summed E-state index contributed by atoms with van der Waals surface area (Å²) in [6.07, 6.45) is 5.44. The van der Waals surface area contributed by atoms with Crippen LogP contribution < -0.4 is 10.7 Å². The molecule has 7 nitrogen and oxygen atoms in total. The Morgan fingerprint density at radius 1 is 1.22 bits per heavy atom. The van der Waals surface area contributed by atoms with Gasteiger partial charge in [0.25, 0.3) is 5.91 Å². The number of aromatic amines is 1. The number of carbonyl (C=O) groups is 1. The molecule has 0 aliphatic carbocycles. The van der Waals surface area contributed by atoms with Gasteiger partial charge in [-0.25, -0.2) is 10.4 Å². The molecule has 3 N–H and O–H groups in total. The average molecular weight is 469 g/mol. The Hall–Kier alpha value is -2.87. The number of halogens is 2. The van der Waals surface area contributed by atoms with E-state index in [1.807, 2.05) is 35.0 Å². The summed E-state index contributed by atoms with van der Waals surface area (Å²) in [5, 5.41) is 9.47. The summed E-state index contributed by atoms with van der Waals surface area (Å²) in [6, 6.07) is 11.5. The minimum Gasteiger partial charge on any atom is -0.361 e. The van der Waals surface area contributed by atoms with Crippen LogP contribution in [0.1, 0.15) is 30.1 Å². The summed E-state index contributed by atoms with van der Waals surface area (Å²) < 4.78 is 1.93. The number of carbonyl (C=O) groups excluding carboxylic acids is 1. The molecule has 0 saturated carbocycles. The molecule has 164 valence electrons. The molecule has 32 heavy (non-hydrogen) atoms. The van der Waals surface area contributed by atoms with Gasteiger partial charge in [-0.15, -0.1) is 0 Å². The summed E-state index contributed by atoms with van der Waals surface area (Å²) in [7, 11) is 0. The van der Waals surface area contributed by atoms with E-state index in [-0.39, 0.29) is 18.4 Å². The van der Waals surface area contributed by atoms with E-state index in [9.17, 15) is 4.79 Å². The summed E-state index contributed by atoms with van der Waals surface area (Å²) in [5.41, 5.74) is 6.10. The Balaban J connectivity index is 1.39. The Kier molecular flexibility index (Phi) is 5.87. The van der Waals surface area contributed by atoms with Crippen LogP contribution in [0.5, 0.6) is 0 Å². The molecular formula is C23H22Cl2N6O. The van der Waals surface area contributed by atoms with Gasteiger partial charge in [0.1, 0.15) is 12.4 Å². The molecular weight excluding hydrogens is 447 g/mol. The van der Waals surface area contributed by atoms with Crippen LogP contribution in [0.15, 0.2) is 47.7 Å². The smallest absolute Gasteiger partial charge is 0.260 e. The van der Waals surface area contributed by atoms with Gasteiger partial charge in [-0.2, -0.15) is 5.10 Å². The third-order valence-corrected chi connectivity index (χ3v) is 6.56. The van der Waals surface area contributed by atoms with Gasteiger partial charge in [0.15, 0.2) is 0 Å². The number of aromatic nitrogens is 3. The number of para-hydroxylation sites is 1. The molecule has 0 unspecified atom stereocenters. The maximum absolute atomic E-state index is 12.8. The highest BCUT2D eigenvalue weighted by Gasteiger charge is 2.24. The van der Waals surface area contributed by atoms with Crippen LogP contribution in [-0.4, -0.2) is 39.7 Å². The van der Waals surface area contributed by atoms with Crippen LogP contribution in [0.25, 0.3) is 21.9 Å². The van der Waals surface area contributed by atoms with Crippen molar-refractivity contribution in [2.75, 3.05) is 13.1 Å². The molecule has 2 aromatic heterocycles. The van der Waals surface area contributed by atoms with Gasteiger partial charge in [0.2, 0.25) is 0 Å². The van der Waals surface area contributed by atoms with Crippen molar-refractivity contribution in [3.63, 3.8) is 0 Å². The molecule has 4 aromatic rings. The number of H-pyrrole nitrogens is 1. The predicted octanol–water partition coefficient (Wildman–Crippen LogP) is 4.44. The number of nitrogens with one attached hydrogen (secondary N) is 3. The minimum absolute atomic E-state index is 0.0962. The number of hydrazone groups is 1. The second-order valence-electron chi connectivity index (χ2n) is 7.92. The number of imidazole rings is 1. The normalized spacial score (nSPS) is 15.2. The number of nitrogens with zero attached hydrogens (tertiary/aromatic N) is 3. The lowest BCUT2D eigenvalue weighted by Gasteiger charge is -2.23. The monoisotopic (exact) mass is 468 g/mol. The fourth-order valence-corrected chi connectivity index (χ4v) is 4.57. The van der Waals surface area contributed by atoms with Crippen molar-refractivity contribution in [1.82, 2.24) is 25.3 Å². The van der Waals surface area contributed by atoms with E-state index in [1.165, 1.54) is 0 Å². The van der Waals surface area contributed by atoms with Crippen LogP contribution in [-0.2, 0) is 11.3 Å². The van der Waals surface area contributed by atoms with Gasteiger partial charge in [-0.05, 0) is 44.1 Å². The van der Waals surface area contributed by atoms with Crippen LogP contribution in [0.4, 0.5) is 0 Å². The van der Waals surface area contributed by atoms with Crippen molar-refractivity contribution >= 4 is 57.3 Å². The zero-order valence-electron chi connectivity index (χ0n) is 17.2. The number of fused-ring (bicyclic) bond motifs is 2. The fraction of sp³-hybridized carbons (Fsp3) is 0.261.